The van der Waals surface area contributed by atoms with Crippen molar-refractivity contribution in [3.63, 3.8) is 0 Å². The summed E-state index contributed by atoms with van der Waals surface area (Å²) in [5.74, 6) is -0.380. The molecule has 0 spiro atoms. The first-order valence-electron chi connectivity index (χ1n) is 10.4. The van der Waals surface area contributed by atoms with Crippen molar-refractivity contribution >= 4 is 29.6 Å². The van der Waals surface area contributed by atoms with Crippen LogP contribution in [0.4, 0.5) is 10.5 Å². The Hall–Kier alpha value is -3.87. The van der Waals surface area contributed by atoms with Gasteiger partial charge in [-0.3, -0.25) is 14.9 Å². The highest BCUT2D eigenvalue weighted by atomic mass is 16.5. The number of ether oxygens (including phenoxy) is 2. The van der Waals surface area contributed by atoms with Gasteiger partial charge in [-0.15, -0.1) is 6.58 Å². The maximum Gasteiger partial charge on any atom is 0.335 e. The second-order valence-electron chi connectivity index (χ2n) is 7.12. The Morgan fingerprint density at radius 1 is 1.09 bits per heavy atom. The first-order chi connectivity index (χ1) is 15.4. The van der Waals surface area contributed by atoms with Gasteiger partial charge in [0.1, 0.15) is 5.57 Å². The van der Waals surface area contributed by atoms with E-state index in [9.17, 15) is 14.4 Å². The van der Waals surface area contributed by atoms with E-state index < -0.39 is 17.8 Å². The monoisotopic (exact) mass is 434 g/mol. The maximum absolute atomic E-state index is 13.1. The van der Waals surface area contributed by atoms with Gasteiger partial charge in [-0.05, 0) is 61.2 Å². The van der Waals surface area contributed by atoms with Gasteiger partial charge in [0.2, 0.25) is 0 Å². The fourth-order valence-corrected chi connectivity index (χ4v) is 3.47. The molecule has 2 aromatic carbocycles. The highest BCUT2D eigenvalue weighted by Crippen LogP contribution is 2.34. The van der Waals surface area contributed by atoms with Crippen LogP contribution in [0.15, 0.2) is 54.6 Å². The number of nitrogens with zero attached hydrogens (tertiary/aromatic N) is 1. The molecule has 0 unspecified atom stereocenters. The lowest BCUT2D eigenvalue weighted by molar-refractivity contribution is -0.122. The van der Waals surface area contributed by atoms with Gasteiger partial charge in [0.15, 0.2) is 11.5 Å². The van der Waals surface area contributed by atoms with E-state index in [2.05, 4.69) is 11.9 Å². The molecule has 1 aliphatic rings. The number of barbiturate groups is 1. The summed E-state index contributed by atoms with van der Waals surface area (Å²) in [5, 5.41) is 2.24. The molecular weight excluding hydrogens is 408 g/mol. The summed E-state index contributed by atoms with van der Waals surface area (Å²) in [6.07, 6.45) is 4.52. The molecule has 0 aromatic heterocycles. The van der Waals surface area contributed by atoms with Gasteiger partial charge in [0.25, 0.3) is 11.8 Å². The van der Waals surface area contributed by atoms with Crippen LogP contribution in [0, 0.1) is 0 Å². The number of anilines is 1. The van der Waals surface area contributed by atoms with Crippen LogP contribution in [0.5, 0.6) is 11.5 Å². The SMILES string of the molecule is C=CCc1cc(/C=C2/C(=O)NC(=O)N(c3ccc(CC)cc3)C2=O)cc(OC)c1OCC. The fraction of sp³-hybridized carbons (Fsp3) is 0.240. The molecule has 0 aliphatic carbocycles. The number of rotatable bonds is 8. The van der Waals surface area contributed by atoms with Crippen LogP contribution in [0.25, 0.3) is 6.08 Å². The normalized spacial score (nSPS) is 15.0. The molecule has 7 heteroatoms. The molecule has 7 nitrogen and oxygen atoms in total. The minimum Gasteiger partial charge on any atom is -0.493 e. The largest absolute Gasteiger partial charge is 0.493 e. The molecule has 0 radical (unpaired) electrons. The van der Waals surface area contributed by atoms with Gasteiger partial charge in [0.05, 0.1) is 19.4 Å². The lowest BCUT2D eigenvalue weighted by Gasteiger charge is -2.26. The number of nitrogens with one attached hydrogen (secondary N) is 1. The van der Waals surface area contributed by atoms with Crippen LogP contribution in [0.3, 0.4) is 0 Å². The molecule has 4 amide bonds. The Labute approximate surface area is 187 Å². The minimum absolute atomic E-state index is 0.153. The number of carbonyl (C=O) groups is 3. The smallest absolute Gasteiger partial charge is 0.335 e. The number of carbonyl (C=O) groups excluding carboxylic acids is 3. The predicted octanol–water partition coefficient (Wildman–Crippen LogP) is 4.05. The van der Waals surface area contributed by atoms with E-state index in [0.29, 0.717) is 35.8 Å². The van der Waals surface area contributed by atoms with Gasteiger partial charge in [0, 0.05) is 5.56 Å². The van der Waals surface area contributed by atoms with Gasteiger partial charge in [-0.2, -0.15) is 0 Å². The van der Waals surface area contributed by atoms with E-state index in [1.807, 2.05) is 26.0 Å². The molecule has 0 bridgehead atoms. The molecule has 1 aliphatic heterocycles. The highest BCUT2D eigenvalue weighted by Gasteiger charge is 2.36. The highest BCUT2D eigenvalue weighted by molar-refractivity contribution is 6.39. The zero-order valence-electron chi connectivity index (χ0n) is 18.4. The van der Waals surface area contributed by atoms with Crippen molar-refractivity contribution in [2.75, 3.05) is 18.6 Å². The molecule has 3 rings (SSSR count). The lowest BCUT2D eigenvalue weighted by atomic mass is 10.0. The van der Waals surface area contributed by atoms with Crippen molar-refractivity contribution in [1.29, 1.82) is 0 Å². The van der Waals surface area contributed by atoms with Crippen molar-refractivity contribution in [3.8, 4) is 11.5 Å². The molecule has 0 atom stereocenters. The van der Waals surface area contributed by atoms with Crippen molar-refractivity contribution in [2.24, 2.45) is 0 Å². The summed E-state index contributed by atoms with van der Waals surface area (Å²) in [6.45, 7) is 8.11. The van der Waals surface area contributed by atoms with Crippen molar-refractivity contribution in [2.45, 2.75) is 26.7 Å². The molecule has 166 valence electrons. The number of allylic oxidation sites excluding steroid dienone is 1. The number of methoxy groups -OCH3 is 1. The average molecular weight is 434 g/mol. The Kier molecular flexibility index (Phi) is 7.10. The van der Waals surface area contributed by atoms with E-state index >= 15 is 0 Å². The zero-order valence-corrected chi connectivity index (χ0v) is 18.4. The quantitative estimate of drug-likeness (QED) is 0.385. The van der Waals surface area contributed by atoms with Crippen molar-refractivity contribution < 1.29 is 23.9 Å². The number of hydrogen-bond donors (Lipinski definition) is 1. The van der Waals surface area contributed by atoms with E-state index in [-0.39, 0.29) is 5.57 Å². The van der Waals surface area contributed by atoms with Crippen LogP contribution in [0.2, 0.25) is 0 Å². The number of urea groups is 1. The van der Waals surface area contributed by atoms with Crippen LogP contribution < -0.4 is 19.7 Å². The van der Waals surface area contributed by atoms with Gasteiger partial charge in [-0.25, -0.2) is 9.69 Å². The summed E-state index contributed by atoms with van der Waals surface area (Å²) < 4.78 is 11.2. The Morgan fingerprint density at radius 3 is 2.41 bits per heavy atom. The summed E-state index contributed by atoms with van der Waals surface area (Å²) in [7, 11) is 1.52. The van der Waals surface area contributed by atoms with Crippen LogP contribution in [0.1, 0.15) is 30.5 Å². The van der Waals surface area contributed by atoms with Crippen molar-refractivity contribution in [3.05, 3.63) is 71.3 Å². The van der Waals surface area contributed by atoms with Crippen LogP contribution >= 0.6 is 0 Å². The summed E-state index contributed by atoms with van der Waals surface area (Å²) in [4.78, 5) is 39.0. The van der Waals surface area contributed by atoms with Gasteiger partial charge in [-0.1, -0.05) is 25.1 Å². The molecule has 1 saturated heterocycles. The number of imide groups is 2. The molecule has 32 heavy (non-hydrogen) atoms. The lowest BCUT2D eigenvalue weighted by Crippen LogP contribution is -2.54. The van der Waals surface area contributed by atoms with Gasteiger partial charge >= 0.3 is 6.03 Å². The van der Waals surface area contributed by atoms with E-state index in [0.717, 1.165) is 22.4 Å². The van der Waals surface area contributed by atoms with Gasteiger partial charge < -0.3 is 9.47 Å². The third kappa shape index (κ3) is 4.56. The first kappa shape index (κ1) is 22.8. The number of aryl methyl sites for hydroxylation is 1. The summed E-state index contributed by atoms with van der Waals surface area (Å²) in [6, 6.07) is 9.76. The molecule has 0 saturated carbocycles. The number of hydrogen-bond acceptors (Lipinski definition) is 5. The van der Waals surface area contributed by atoms with E-state index in [1.165, 1.54) is 13.2 Å². The maximum atomic E-state index is 13.1. The predicted molar refractivity (Wildman–Crippen MR) is 123 cm³/mol. The minimum atomic E-state index is -0.780. The van der Waals surface area contributed by atoms with E-state index in [4.69, 9.17) is 9.47 Å². The Balaban J connectivity index is 2.04. The molecule has 1 fully saturated rings. The topological polar surface area (TPSA) is 84.9 Å². The second kappa shape index (κ2) is 9.96. The van der Waals surface area contributed by atoms with E-state index in [1.54, 1.807) is 30.3 Å². The molecule has 1 heterocycles. The standard InChI is InChI=1S/C25H26N2O5/c1-5-8-18-13-17(15-21(31-4)22(18)32-7-3)14-20-23(28)26-25(30)27(24(20)29)19-11-9-16(6-2)10-12-19/h5,9-15H,1,6-8H2,2-4H3,(H,26,28,30)/b20-14-. The first-order valence-corrected chi connectivity index (χ1v) is 10.4. The fourth-order valence-electron chi connectivity index (χ4n) is 3.47. The molecular formula is C25H26N2O5. The number of amides is 4. The Bertz CT molecular complexity index is 1090. The third-order valence-corrected chi connectivity index (χ3v) is 5.04. The molecule has 1 N–H and O–H groups in total. The number of benzene rings is 2. The second-order valence-corrected chi connectivity index (χ2v) is 7.12. The van der Waals surface area contributed by atoms with Crippen molar-refractivity contribution in [1.82, 2.24) is 5.32 Å². The zero-order chi connectivity index (χ0) is 23.3. The third-order valence-electron chi connectivity index (χ3n) is 5.04. The summed E-state index contributed by atoms with van der Waals surface area (Å²) >= 11 is 0. The Morgan fingerprint density at radius 2 is 1.81 bits per heavy atom. The average Bonchev–Trinajstić information content (AvgIpc) is 2.78. The molecule has 2 aromatic rings. The van der Waals surface area contributed by atoms with Crippen LogP contribution in [-0.2, 0) is 22.4 Å². The summed E-state index contributed by atoms with van der Waals surface area (Å²) in [5.41, 5.74) is 2.68. The van der Waals surface area contributed by atoms with Crippen LogP contribution in [-0.4, -0.2) is 31.6 Å².